The average molecular weight is 414 g/mol. The van der Waals surface area contributed by atoms with Crippen molar-refractivity contribution in [1.29, 1.82) is 0 Å². The summed E-state index contributed by atoms with van der Waals surface area (Å²) in [5, 5.41) is 0.561. The molecule has 4 nitrogen and oxygen atoms in total. The highest BCUT2D eigenvalue weighted by Gasteiger charge is 2.35. The number of allylic oxidation sites excluding steroid dienone is 2. The Labute approximate surface area is 139 Å². The molecule has 0 atom stereocenters. The Morgan fingerprint density at radius 1 is 1.10 bits per heavy atom. The Kier molecular flexibility index (Phi) is 4.26. The zero-order chi connectivity index (χ0) is 15.0. The Hall–Kier alpha value is -1.01. The van der Waals surface area contributed by atoms with Crippen molar-refractivity contribution >= 4 is 43.4 Å². The standard InChI is InChI=1S/C15H14Br2N2O2/c16-8-9-4-5-10-12(18-9)15(21)13(11(17)14(10)20)19-6-2-1-3-7-19/h4-5H,1-3,6-8H2. The predicted octanol–water partition coefficient (Wildman–Crippen LogP) is 3.45. The number of nitrogens with zero attached hydrogens (tertiary/aromatic N) is 2. The van der Waals surface area contributed by atoms with Gasteiger partial charge in [0.2, 0.25) is 11.6 Å². The molecule has 21 heavy (non-hydrogen) atoms. The summed E-state index contributed by atoms with van der Waals surface area (Å²) < 4.78 is 0.371. The normalized spacial score (nSPS) is 19.0. The van der Waals surface area contributed by atoms with Gasteiger partial charge in [0.1, 0.15) is 11.4 Å². The van der Waals surface area contributed by atoms with E-state index < -0.39 is 0 Å². The fourth-order valence-electron chi connectivity index (χ4n) is 2.77. The second-order valence-electron chi connectivity index (χ2n) is 5.20. The van der Waals surface area contributed by atoms with Gasteiger partial charge in [0, 0.05) is 18.4 Å². The number of pyridine rings is 1. The molecule has 1 aliphatic carbocycles. The number of carbonyl (C=O) groups excluding carboxylic acids is 2. The Bertz CT molecular complexity index is 649. The van der Waals surface area contributed by atoms with Crippen molar-refractivity contribution < 1.29 is 9.59 Å². The number of carbonyl (C=O) groups is 2. The van der Waals surface area contributed by atoms with Gasteiger partial charge in [0.25, 0.3) is 0 Å². The molecule has 0 amide bonds. The SMILES string of the molecule is O=C1C(Br)=C(N2CCCCC2)C(=O)c2nc(CBr)ccc21. The summed E-state index contributed by atoms with van der Waals surface area (Å²) >= 11 is 6.67. The van der Waals surface area contributed by atoms with Crippen LogP contribution >= 0.6 is 31.9 Å². The predicted molar refractivity (Wildman–Crippen MR) is 86.9 cm³/mol. The molecule has 2 aliphatic rings. The largest absolute Gasteiger partial charge is 0.367 e. The van der Waals surface area contributed by atoms with E-state index in [1.165, 1.54) is 6.42 Å². The van der Waals surface area contributed by atoms with Gasteiger partial charge in [-0.15, -0.1) is 0 Å². The second-order valence-corrected chi connectivity index (χ2v) is 6.55. The Morgan fingerprint density at radius 3 is 2.48 bits per heavy atom. The molecule has 1 aliphatic heterocycles. The van der Waals surface area contributed by atoms with E-state index in [4.69, 9.17) is 0 Å². The van der Waals surface area contributed by atoms with Crippen LogP contribution in [0.5, 0.6) is 0 Å². The molecule has 0 aromatic carbocycles. The molecule has 0 N–H and O–H groups in total. The van der Waals surface area contributed by atoms with Gasteiger partial charge in [-0.2, -0.15) is 0 Å². The minimum absolute atomic E-state index is 0.152. The molecule has 1 aromatic rings. The molecule has 3 rings (SSSR count). The maximum absolute atomic E-state index is 12.8. The Balaban J connectivity index is 2.07. The molecule has 0 bridgehead atoms. The summed E-state index contributed by atoms with van der Waals surface area (Å²) in [5.74, 6) is -0.306. The minimum atomic E-state index is -0.154. The third kappa shape index (κ3) is 2.59. The second kappa shape index (κ2) is 6.01. The zero-order valence-corrected chi connectivity index (χ0v) is 14.5. The minimum Gasteiger partial charge on any atom is -0.367 e. The van der Waals surface area contributed by atoms with Crippen LogP contribution in [0, 0.1) is 0 Å². The van der Waals surface area contributed by atoms with E-state index in [1.807, 2.05) is 4.90 Å². The van der Waals surface area contributed by atoms with Crippen molar-refractivity contribution in [3.8, 4) is 0 Å². The number of alkyl halides is 1. The van der Waals surface area contributed by atoms with Crippen LogP contribution in [-0.4, -0.2) is 34.5 Å². The maximum Gasteiger partial charge on any atom is 0.229 e. The molecule has 110 valence electrons. The van der Waals surface area contributed by atoms with Gasteiger partial charge in [-0.25, -0.2) is 4.98 Å². The number of hydrogen-bond donors (Lipinski definition) is 0. The molecule has 0 spiro atoms. The van der Waals surface area contributed by atoms with Gasteiger partial charge in [0.05, 0.1) is 15.7 Å². The number of halogens is 2. The Morgan fingerprint density at radius 2 is 1.81 bits per heavy atom. The van der Waals surface area contributed by atoms with Crippen molar-refractivity contribution in [3.63, 3.8) is 0 Å². The van der Waals surface area contributed by atoms with Gasteiger partial charge in [-0.3, -0.25) is 9.59 Å². The van der Waals surface area contributed by atoms with Crippen molar-refractivity contribution in [1.82, 2.24) is 9.88 Å². The molecule has 6 heteroatoms. The molecule has 0 unspecified atom stereocenters. The monoisotopic (exact) mass is 412 g/mol. The fourth-order valence-corrected chi connectivity index (χ4v) is 3.72. The van der Waals surface area contributed by atoms with E-state index >= 15 is 0 Å². The van der Waals surface area contributed by atoms with Crippen molar-refractivity contribution in [2.75, 3.05) is 13.1 Å². The van der Waals surface area contributed by atoms with Gasteiger partial charge < -0.3 is 4.90 Å². The lowest BCUT2D eigenvalue weighted by atomic mass is 9.95. The van der Waals surface area contributed by atoms with Gasteiger partial charge in [0.15, 0.2) is 0 Å². The highest BCUT2D eigenvalue weighted by molar-refractivity contribution is 9.12. The van der Waals surface area contributed by atoms with E-state index in [1.54, 1.807) is 12.1 Å². The first-order valence-corrected chi connectivity index (χ1v) is 8.85. The maximum atomic E-state index is 12.8. The van der Waals surface area contributed by atoms with Crippen LogP contribution in [0.15, 0.2) is 22.3 Å². The lowest BCUT2D eigenvalue weighted by Gasteiger charge is -2.32. The topological polar surface area (TPSA) is 50.3 Å². The lowest BCUT2D eigenvalue weighted by Crippen LogP contribution is -2.37. The fraction of sp³-hybridized carbons (Fsp3) is 0.400. The van der Waals surface area contributed by atoms with E-state index in [-0.39, 0.29) is 17.3 Å². The van der Waals surface area contributed by atoms with E-state index in [2.05, 4.69) is 36.8 Å². The summed E-state index contributed by atoms with van der Waals surface area (Å²) in [4.78, 5) is 31.6. The first-order valence-electron chi connectivity index (χ1n) is 6.93. The molecular weight excluding hydrogens is 400 g/mol. The third-order valence-corrected chi connectivity index (χ3v) is 5.15. The molecular formula is C15H14Br2N2O2. The lowest BCUT2D eigenvalue weighted by molar-refractivity contribution is 0.0936. The van der Waals surface area contributed by atoms with E-state index in [0.29, 0.717) is 21.1 Å². The molecule has 0 saturated carbocycles. The summed E-state index contributed by atoms with van der Waals surface area (Å²) in [5.41, 5.74) is 1.90. The number of aromatic nitrogens is 1. The van der Waals surface area contributed by atoms with Gasteiger partial charge in [-0.1, -0.05) is 15.9 Å². The average Bonchev–Trinajstić information content (AvgIpc) is 2.53. The van der Waals surface area contributed by atoms with Crippen LogP contribution in [0.3, 0.4) is 0 Å². The van der Waals surface area contributed by atoms with Crippen LogP contribution < -0.4 is 0 Å². The first-order chi connectivity index (χ1) is 10.1. The summed E-state index contributed by atoms with van der Waals surface area (Å²) in [6.07, 6.45) is 3.27. The first kappa shape index (κ1) is 14.9. The number of likely N-dealkylation sites (tertiary alicyclic amines) is 1. The number of fused-ring (bicyclic) bond motifs is 1. The van der Waals surface area contributed by atoms with Crippen LogP contribution in [-0.2, 0) is 5.33 Å². The van der Waals surface area contributed by atoms with Crippen LogP contribution in [0.25, 0.3) is 0 Å². The number of Topliss-reactive ketones (excluding diaryl/α,β-unsaturated/α-hetero) is 2. The van der Waals surface area contributed by atoms with E-state index in [0.717, 1.165) is 31.6 Å². The van der Waals surface area contributed by atoms with Crippen molar-refractivity contribution in [3.05, 3.63) is 39.3 Å². The summed E-state index contributed by atoms with van der Waals surface area (Å²) in [7, 11) is 0. The molecule has 1 saturated heterocycles. The summed E-state index contributed by atoms with van der Waals surface area (Å²) in [6.45, 7) is 1.63. The quantitative estimate of drug-likeness (QED) is 0.696. The highest BCUT2D eigenvalue weighted by Crippen LogP contribution is 2.32. The highest BCUT2D eigenvalue weighted by atomic mass is 79.9. The number of piperidine rings is 1. The van der Waals surface area contributed by atoms with Gasteiger partial charge in [-0.05, 0) is 47.3 Å². The van der Waals surface area contributed by atoms with Crippen molar-refractivity contribution in [2.45, 2.75) is 24.6 Å². The van der Waals surface area contributed by atoms with E-state index in [9.17, 15) is 9.59 Å². The number of ketones is 2. The van der Waals surface area contributed by atoms with Gasteiger partial charge >= 0.3 is 0 Å². The third-order valence-electron chi connectivity index (χ3n) is 3.84. The molecule has 0 radical (unpaired) electrons. The molecule has 2 heterocycles. The van der Waals surface area contributed by atoms with Crippen molar-refractivity contribution in [2.24, 2.45) is 0 Å². The number of hydrogen-bond acceptors (Lipinski definition) is 4. The number of rotatable bonds is 2. The van der Waals surface area contributed by atoms with Crippen LogP contribution in [0.1, 0.15) is 45.8 Å². The zero-order valence-electron chi connectivity index (χ0n) is 11.4. The summed E-state index contributed by atoms with van der Waals surface area (Å²) in [6, 6.07) is 3.46. The smallest absolute Gasteiger partial charge is 0.229 e. The molecule has 1 aromatic heterocycles. The van der Waals surface area contributed by atoms with Crippen LogP contribution in [0.2, 0.25) is 0 Å². The van der Waals surface area contributed by atoms with Crippen LogP contribution in [0.4, 0.5) is 0 Å². The molecule has 1 fully saturated rings.